The lowest BCUT2D eigenvalue weighted by Gasteiger charge is -2.35. The zero-order valence-electron chi connectivity index (χ0n) is 20.1. The molecule has 35 heavy (non-hydrogen) atoms. The summed E-state index contributed by atoms with van der Waals surface area (Å²) in [6, 6.07) is 7.29. The summed E-state index contributed by atoms with van der Waals surface area (Å²) in [4.78, 5) is 40.3. The SMILES string of the molecule is Cc1cc(C(=O)N(N)C(=O)c2ccc(I)cc2N2CCC3(CC2)CC3)nc(N2CCC3(CC3)C2)n1. The van der Waals surface area contributed by atoms with Crippen molar-refractivity contribution in [2.45, 2.75) is 51.9 Å². The van der Waals surface area contributed by atoms with Crippen molar-refractivity contribution >= 4 is 46.0 Å². The van der Waals surface area contributed by atoms with E-state index in [4.69, 9.17) is 5.84 Å². The fourth-order valence-electron chi connectivity index (χ4n) is 5.69. The first-order valence-corrected chi connectivity index (χ1v) is 13.6. The number of carbonyl (C=O) groups excluding carboxylic acids is 2. The average molecular weight is 586 g/mol. The fraction of sp³-hybridized carbons (Fsp3) is 0.538. The molecule has 2 aliphatic carbocycles. The molecule has 2 aromatic rings. The highest BCUT2D eigenvalue weighted by Crippen LogP contribution is 2.54. The third-order valence-electron chi connectivity index (χ3n) is 8.49. The molecule has 2 amide bonds. The molecule has 3 heterocycles. The number of nitrogens with two attached hydrogens (primary N) is 1. The van der Waals surface area contributed by atoms with Gasteiger partial charge in [-0.15, -0.1) is 0 Å². The largest absolute Gasteiger partial charge is 0.371 e. The van der Waals surface area contributed by atoms with Crippen LogP contribution in [0.15, 0.2) is 24.3 Å². The Morgan fingerprint density at radius 1 is 0.914 bits per heavy atom. The maximum absolute atomic E-state index is 13.5. The minimum absolute atomic E-state index is 0.154. The molecule has 0 unspecified atom stereocenters. The maximum atomic E-state index is 13.5. The van der Waals surface area contributed by atoms with Crippen molar-refractivity contribution in [3.05, 3.63) is 44.8 Å². The van der Waals surface area contributed by atoms with E-state index < -0.39 is 11.8 Å². The summed E-state index contributed by atoms with van der Waals surface area (Å²) in [5, 5.41) is 0.718. The van der Waals surface area contributed by atoms with Crippen LogP contribution in [0, 0.1) is 21.3 Å². The topological polar surface area (TPSA) is 95.7 Å². The van der Waals surface area contributed by atoms with E-state index in [-0.39, 0.29) is 5.69 Å². The minimum Gasteiger partial charge on any atom is -0.371 e. The van der Waals surface area contributed by atoms with Crippen LogP contribution < -0.4 is 15.6 Å². The highest BCUT2D eigenvalue weighted by atomic mass is 127. The molecule has 8 nitrogen and oxygen atoms in total. The third kappa shape index (κ3) is 4.41. The van der Waals surface area contributed by atoms with E-state index >= 15 is 0 Å². The molecular formula is C26H31IN6O2. The van der Waals surface area contributed by atoms with Crippen LogP contribution in [-0.4, -0.2) is 53.0 Å². The predicted molar refractivity (Wildman–Crippen MR) is 142 cm³/mol. The molecule has 2 saturated carbocycles. The van der Waals surface area contributed by atoms with Crippen LogP contribution in [0.4, 0.5) is 11.6 Å². The van der Waals surface area contributed by atoms with Crippen molar-refractivity contribution in [3.63, 3.8) is 0 Å². The first kappa shape index (κ1) is 23.1. The van der Waals surface area contributed by atoms with Crippen molar-refractivity contribution in [1.82, 2.24) is 15.0 Å². The number of hydrogen-bond donors (Lipinski definition) is 1. The molecule has 4 aliphatic rings. The number of hydrazine groups is 1. The quantitative estimate of drug-likeness (QED) is 0.191. The van der Waals surface area contributed by atoms with Gasteiger partial charge in [-0.3, -0.25) is 9.59 Å². The Morgan fingerprint density at radius 2 is 1.57 bits per heavy atom. The van der Waals surface area contributed by atoms with E-state index in [9.17, 15) is 9.59 Å². The second kappa shape index (κ2) is 8.40. The summed E-state index contributed by atoms with van der Waals surface area (Å²) in [7, 11) is 0. The number of carbonyl (C=O) groups is 2. The van der Waals surface area contributed by atoms with Crippen molar-refractivity contribution in [2.75, 3.05) is 36.0 Å². The molecular weight excluding hydrogens is 555 g/mol. The normalized spacial score (nSPS) is 21.5. The first-order chi connectivity index (χ1) is 16.8. The van der Waals surface area contributed by atoms with Gasteiger partial charge < -0.3 is 9.80 Å². The molecule has 0 atom stereocenters. The molecule has 4 fully saturated rings. The van der Waals surface area contributed by atoms with Crippen molar-refractivity contribution < 1.29 is 9.59 Å². The number of halogens is 1. The van der Waals surface area contributed by atoms with Gasteiger partial charge in [-0.05, 0) is 110 Å². The van der Waals surface area contributed by atoms with Gasteiger partial charge >= 0.3 is 0 Å². The molecule has 2 aliphatic heterocycles. The molecule has 0 radical (unpaired) electrons. The van der Waals surface area contributed by atoms with Gasteiger partial charge in [0.05, 0.1) is 11.3 Å². The van der Waals surface area contributed by atoms with Gasteiger partial charge in [0, 0.05) is 35.4 Å². The first-order valence-electron chi connectivity index (χ1n) is 12.6. The molecule has 1 aromatic heterocycles. The predicted octanol–water partition coefficient (Wildman–Crippen LogP) is 3.92. The number of nitrogens with zero attached hydrogens (tertiary/aromatic N) is 5. The number of aromatic nitrogens is 2. The number of benzene rings is 1. The molecule has 0 bridgehead atoms. The molecule has 6 rings (SSSR count). The summed E-state index contributed by atoms with van der Waals surface area (Å²) in [5.74, 6) is 5.59. The second-order valence-corrected chi connectivity index (χ2v) is 12.2. The molecule has 9 heteroatoms. The lowest BCUT2D eigenvalue weighted by Crippen LogP contribution is -2.44. The lowest BCUT2D eigenvalue weighted by molar-refractivity contribution is 0.0612. The van der Waals surface area contributed by atoms with Gasteiger partial charge in [-0.25, -0.2) is 20.8 Å². The zero-order chi connectivity index (χ0) is 24.4. The highest BCUT2D eigenvalue weighted by molar-refractivity contribution is 14.1. The summed E-state index contributed by atoms with van der Waals surface area (Å²) >= 11 is 2.26. The number of piperidine rings is 1. The summed E-state index contributed by atoms with van der Waals surface area (Å²) in [5.41, 5.74) is 3.10. The Hall–Kier alpha value is -2.27. The highest BCUT2D eigenvalue weighted by Gasteiger charge is 2.48. The second-order valence-electron chi connectivity index (χ2n) is 11.0. The minimum atomic E-state index is -0.609. The number of imide groups is 1. The molecule has 2 saturated heterocycles. The van der Waals surface area contributed by atoms with Crippen molar-refractivity contribution in [3.8, 4) is 0 Å². The average Bonchev–Trinajstić information content (AvgIpc) is 3.75. The number of amides is 2. The van der Waals surface area contributed by atoms with E-state index in [0.29, 0.717) is 28.0 Å². The Kier molecular flexibility index (Phi) is 5.55. The van der Waals surface area contributed by atoms with Crippen LogP contribution in [0.5, 0.6) is 0 Å². The van der Waals surface area contributed by atoms with Crippen LogP contribution in [0.2, 0.25) is 0 Å². The van der Waals surface area contributed by atoms with Gasteiger partial charge in [-0.2, -0.15) is 0 Å². The van der Waals surface area contributed by atoms with E-state index in [1.807, 2.05) is 19.1 Å². The Labute approximate surface area is 219 Å². The standard InChI is InChI=1S/C26H31IN6O2/c1-17-14-20(30-24(29-17)32-13-10-26(16-32)6-7-26)23(35)33(28)22(34)19-3-2-18(27)15-21(19)31-11-8-25(4-5-25)9-12-31/h2-3,14-15H,4-13,16,28H2,1H3. The smallest absolute Gasteiger partial charge is 0.293 e. The third-order valence-corrected chi connectivity index (χ3v) is 9.16. The molecule has 1 aromatic carbocycles. The molecule has 2 N–H and O–H groups in total. The molecule has 184 valence electrons. The van der Waals surface area contributed by atoms with E-state index in [2.05, 4.69) is 42.4 Å². The zero-order valence-corrected chi connectivity index (χ0v) is 22.3. The van der Waals surface area contributed by atoms with Crippen molar-refractivity contribution in [2.24, 2.45) is 16.7 Å². The maximum Gasteiger partial charge on any atom is 0.293 e. The van der Waals surface area contributed by atoms with Crippen LogP contribution in [0.25, 0.3) is 0 Å². The van der Waals surface area contributed by atoms with E-state index in [1.165, 1.54) is 25.7 Å². The Morgan fingerprint density at radius 3 is 2.23 bits per heavy atom. The monoisotopic (exact) mass is 586 g/mol. The Bertz CT molecular complexity index is 1200. The van der Waals surface area contributed by atoms with Gasteiger partial charge in [0.2, 0.25) is 5.95 Å². The number of anilines is 2. The fourth-order valence-corrected chi connectivity index (χ4v) is 6.16. The van der Waals surface area contributed by atoms with Crippen LogP contribution in [0.3, 0.4) is 0 Å². The molecule has 2 spiro atoms. The van der Waals surface area contributed by atoms with Crippen LogP contribution >= 0.6 is 22.6 Å². The van der Waals surface area contributed by atoms with E-state index in [1.54, 1.807) is 12.1 Å². The Balaban J connectivity index is 1.23. The van der Waals surface area contributed by atoms with Gasteiger partial charge in [0.15, 0.2) is 0 Å². The van der Waals surface area contributed by atoms with Gasteiger partial charge in [-0.1, -0.05) is 0 Å². The van der Waals surface area contributed by atoms with E-state index in [0.717, 1.165) is 59.7 Å². The summed E-state index contributed by atoms with van der Waals surface area (Å²) in [6.45, 7) is 5.51. The van der Waals surface area contributed by atoms with Gasteiger partial charge in [0.25, 0.3) is 11.8 Å². The number of rotatable bonds is 4. The van der Waals surface area contributed by atoms with Crippen LogP contribution in [0.1, 0.15) is 71.5 Å². The van der Waals surface area contributed by atoms with Crippen molar-refractivity contribution in [1.29, 1.82) is 0 Å². The lowest BCUT2D eigenvalue weighted by atomic mass is 9.93. The number of aryl methyl sites for hydroxylation is 1. The summed E-state index contributed by atoms with van der Waals surface area (Å²) < 4.78 is 1.05. The number of hydrogen-bond acceptors (Lipinski definition) is 7. The van der Waals surface area contributed by atoms with Crippen LogP contribution in [-0.2, 0) is 0 Å². The summed E-state index contributed by atoms with van der Waals surface area (Å²) in [6.07, 6.45) is 8.59. The van der Waals surface area contributed by atoms with Gasteiger partial charge in [0.1, 0.15) is 5.69 Å².